The van der Waals surface area contributed by atoms with Gasteiger partial charge >= 0.3 is 0 Å². The maximum atomic E-state index is 13.0. The largest absolute Gasteiger partial charge is 0.317 e. The van der Waals surface area contributed by atoms with E-state index >= 15 is 0 Å². The Morgan fingerprint density at radius 1 is 1.44 bits per heavy atom. The summed E-state index contributed by atoms with van der Waals surface area (Å²) in [6.45, 7) is 4.24. The lowest BCUT2D eigenvalue weighted by molar-refractivity contribution is 0.369. The van der Waals surface area contributed by atoms with Crippen molar-refractivity contribution in [2.75, 3.05) is 7.05 Å². The number of hydrogen-bond acceptors (Lipinski definition) is 1. The van der Waals surface area contributed by atoms with Gasteiger partial charge in [-0.05, 0) is 68.8 Å². The van der Waals surface area contributed by atoms with E-state index in [0.717, 1.165) is 12.0 Å². The molecule has 0 radical (unpaired) electrons. The maximum absolute atomic E-state index is 13.0. The van der Waals surface area contributed by atoms with Crippen LogP contribution in [0, 0.1) is 18.2 Å². The monoisotopic (exact) mass is 221 g/mol. The molecule has 1 unspecified atom stereocenters. The molecule has 1 aromatic carbocycles. The second-order valence-corrected chi connectivity index (χ2v) is 5.12. The topological polar surface area (TPSA) is 12.0 Å². The number of aryl methyl sites for hydroxylation is 1. The molecular formula is C14H20FN. The van der Waals surface area contributed by atoms with Gasteiger partial charge in [0.2, 0.25) is 0 Å². The fraction of sp³-hybridized carbons (Fsp3) is 0.571. The Balaban J connectivity index is 2.15. The number of rotatable bonds is 4. The van der Waals surface area contributed by atoms with Crippen molar-refractivity contribution in [3.05, 3.63) is 35.1 Å². The van der Waals surface area contributed by atoms with Crippen molar-refractivity contribution in [1.29, 1.82) is 0 Å². The van der Waals surface area contributed by atoms with Crippen LogP contribution in [0.4, 0.5) is 4.39 Å². The van der Waals surface area contributed by atoms with Gasteiger partial charge in [0.15, 0.2) is 0 Å². The van der Waals surface area contributed by atoms with E-state index in [9.17, 15) is 4.39 Å². The van der Waals surface area contributed by atoms with Crippen LogP contribution in [0.25, 0.3) is 0 Å². The Bertz CT molecular complexity index is 382. The molecule has 1 saturated carbocycles. The Kier molecular flexibility index (Phi) is 3.02. The van der Waals surface area contributed by atoms with E-state index in [4.69, 9.17) is 0 Å². The summed E-state index contributed by atoms with van der Waals surface area (Å²) in [7, 11) is 2.02. The van der Waals surface area contributed by atoms with Crippen LogP contribution in [0.1, 0.15) is 30.9 Å². The van der Waals surface area contributed by atoms with Gasteiger partial charge in [0.25, 0.3) is 0 Å². The highest BCUT2D eigenvalue weighted by Crippen LogP contribution is 2.51. The van der Waals surface area contributed by atoms with Gasteiger partial charge in [0.05, 0.1) is 0 Å². The number of halogens is 1. The molecule has 1 nitrogen and oxygen atoms in total. The number of hydrogen-bond donors (Lipinski definition) is 1. The summed E-state index contributed by atoms with van der Waals surface area (Å²) in [4.78, 5) is 0. The predicted octanol–water partition coefficient (Wildman–Crippen LogP) is 3.06. The van der Waals surface area contributed by atoms with Gasteiger partial charge < -0.3 is 5.32 Å². The molecule has 1 atom stereocenters. The summed E-state index contributed by atoms with van der Waals surface area (Å²) in [5.41, 5.74) is 2.78. The van der Waals surface area contributed by atoms with Gasteiger partial charge in [0.1, 0.15) is 5.82 Å². The lowest BCUT2D eigenvalue weighted by Crippen LogP contribution is -2.33. The van der Waals surface area contributed by atoms with Crippen molar-refractivity contribution < 1.29 is 4.39 Å². The zero-order chi connectivity index (χ0) is 11.8. The molecule has 1 aliphatic carbocycles. The third-order valence-electron chi connectivity index (χ3n) is 4.09. The second kappa shape index (κ2) is 4.17. The SMILES string of the molecule is CNC(C)C1(Cc2ccc(F)cc2C)CC1. The van der Waals surface area contributed by atoms with E-state index in [2.05, 4.69) is 12.2 Å². The van der Waals surface area contributed by atoms with Crippen LogP contribution < -0.4 is 5.32 Å². The van der Waals surface area contributed by atoms with Crippen LogP contribution >= 0.6 is 0 Å². The fourth-order valence-corrected chi connectivity index (χ4v) is 2.47. The molecule has 0 aromatic heterocycles. The molecule has 16 heavy (non-hydrogen) atoms. The molecule has 0 spiro atoms. The molecule has 0 bridgehead atoms. The lowest BCUT2D eigenvalue weighted by Gasteiger charge is -2.23. The van der Waals surface area contributed by atoms with Crippen LogP contribution in [0.5, 0.6) is 0 Å². The first kappa shape index (κ1) is 11.6. The zero-order valence-corrected chi connectivity index (χ0v) is 10.3. The average Bonchev–Trinajstić information content (AvgIpc) is 3.02. The molecule has 0 aliphatic heterocycles. The van der Waals surface area contributed by atoms with Gasteiger partial charge in [-0.25, -0.2) is 4.39 Å². The van der Waals surface area contributed by atoms with E-state index < -0.39 is 0 Å². The van der Waals surface area contributed by atoms with Crippen molar-refractivity contribution >= 4 is 0 Å². The van der Waals surface area contributed by atoms with Crippen LogP contribution in [0.2, 0.25) is 0 Å². The first-order valence-corrected chi connectivity index (χ1v) is 6.00. The Morgan fingerprint density at radius 3 is 2.62 bits per heavy atom. The molecule has 2 heteroatoms. The average molecular weight is 221 g/mol. The number of benzene rings is 1. The lowest BCUT2D eigenvalue weighted by atomic mass is 9.88. The van der Waals surface area contributed by atoms with Gasteiger partial charge in [0, 0.05) is 6.04 Å². The van der Waals surface area contributed by atoms with E-state index in [1.54, 1.807) is 12.1 Å². The van der Waals surface area contributed by atoms with Crippen molar-refractivity contribution in [2.45, 2.75) is 39.2 Å². The summed E-state index contributed by atoms with van der Waals surface area (Å²) >= 11 is 0. The molecule has 88 valence electrons. The molecule has 2 rings (SSSR count). The quantitative estimate of drug-likeness (QED) is 0.824. The summed E-state index contributed by atoms with van der Waals surface area (Å²) in [6, 6.07) is 5.68. The van der Waals surface area contributed by atoms with Crippen LogP contribution in [0.15, 0.2) is 18.2 Å². The van der Waals surface area contributed by atoms with Gasteiger partial charge in [-0.3, -0.25) is 0 Å². The van der Waals surface area contributed by atoms with E-state index in [1.165, 1.54) is 18.4 Å². The zero-order valence-electron chi connectivity index (χ0n) is 10.3. The molecular weight excluding hydrogens is 201 g/mol. The van der Waals surface area contributed by atoms with Gasteiger partial charge in [-0.1, -0.05) is 6.07 Å². The minimum Gasteiger partial charge on any atom is -0.317 e. The third kappa shape index (κ3) is 2.12. The summed E-state index contributed by atoms with van der Waals surface area (Å²) in [5.74, 6) is -0.132. The summed E-state index contributed by atoms with van der Waals surface area (Å²) in [5, 5.41) is 3.34. The van der Waals surface area contributed by atoms with Crippen molar-refractivity contribution in [3.63, 3.8) is 0 Å². The van der Waals surface area contributed by atoms with Gasteiger partial charge in [-0.2, -0.15) is 0 Å². The molecule has 0 amide bonds. The minimum absolute atomic E-state index is 0.132. The Morgan fingerprint density at radius 2 is 2.12 bits per heavy atom. The van der Waals surface area contributed by atoms with E-state index in [-0.39, 0.29) is 5.82 Å². The second-order valence-electron chi connectivity index (χ2n) is 5.12. The standard InChI is InChI=1S/C14H20FN/c1-10-8-13(15)5-4-12(10)9-14(6-7-14)11(2)16-3/h4-5,8,11,16H,6-7,9H2,1-3H3. The van der Waals surface area contributed by atoms with Crippen molar-refractivity contribution in [2.24, 2.45) is 5.41 Å². The molecule has 1 N–H and O–H groups in total. The third-order valence-corrected chi connectivity index (χ3v) is 4.09. The van der Waals surface area contributed by atoms with Crippen molar-refractivity contribution in [1.82, 2.24) is 5.32 Å². The molecule has 1 aromatic rings. The molecule has 0 saturated heterocycles. The Labute approximate surface area is 97.1 Å². The van der Waals surface area contributed by atoms with E-state index in [0.29, 0.717) is 11.5 Å². The predicted molar refractivity (Wildman–Crippen MR) is 65.0 cm³/mol. The van der Waals surface area contributed by atoms with Crippen LogP contribution in [-0.4, -0.2) is 13.1 Å². The normalized spacial score (nSPS) is 19.5. The maximum Gasteiger partial charge on any atom is 0.123 e. The molecule has 0 heterocycles. The van der Waals surface area contributed by atoms with Gasteiger partial charge in [-0.15, -0.1) is 0 Å². The minimum atomic E-state index is -0.132. The van der Waals surface area contributed by atoms with E-state index in [1.807, 2.05) is 20.0 Å². The smallest absolute Gasteiger partial charge is 0.123 e. The highest BCUT2D eigenvalue weighted by Gasteiger charge is 2.46. The fourth-order valence-electron chi connectivity index (χ4n) is 2.47. The highest BCUT2D eigenvalue weighted by molar-refractivity contribution is 5.29. The first-order chi connectivity index (χ1) is 7.57. The van der Waals surface area contributed by atoms with Crippen LogP contribution in [-0.2, 0) is 6.42 Å². The first-order valence-electron chi connectivity index (χ1n) is 6.00. The highest BCUT2D eigenvalue weighted by atomic mass is 19.1. The summed E-state index contributed by atoms with van der Waals surface area (Å²) < 4.78 is 13.0. The molecule has 1 aliphatic rings. The summed E-state index contributed by atoms with van der Waals surface area (Å²) in [6.07, 6.45) is 3.64. The number of nitrogens with one attached hydrogen (secondary N) is 1. The Hall–Kier alpha value is -0.890. The molecule has 1 fully saturated rings. The van der Waals surface area contributed by atoms with Crippen LogP contribution in [0.3, 0.4) is 0 Å². The van der Waals surface area contributed by atoms with Crippen molar-refractivity contribution in [3.8, 4) is 0 Å².